The molecule has 0 radical (unpaired) electrons. The Morgan fingerprint density at radius 2 is 1.47 bits per heavy atom. The van der Waals surface area contributed by atoms with E-state index >= 15 is 0 Å². The number of hydrogen-bond acceptors (Lipinski definition) is 11. The molecular formula is C43H66N8O11. The zero-order chi connectivity index (χ0) is 46.3. The van der Waals surface area contributed by atoms with Crippen LogP contribution in [0.25, 0.3) is 0 Å². The van der Waals surface area contributed by atoms with E-state index in [1.807, 2.05) is 13.8 Å². The predicted molar refractivity (Wildman–Crippen MR) is 228 cm³/mol. The highest BCUT2D eigenvalue weighted by molar-refractivity contribution is 5.97. The molecule has 9 atom stereocenters. The van der Waals surface area contributed by atoms with Crippen molar-refractivity contribution in [3.8, 4) is 5.75 Å². The van der Waals surface area contributed by atoms with Gasteiger partial charge in [-0.3, -0.25) is 43.3 Å². The summed E-state index contributed by atoms with van der Waals surface area (Å²) in [4.78, 5) is 111. The van der Waals surface area contributed by atoms with Crippen LogP contribution in [-0.2, 0) is 44.8 Å². The molecule has 1 aromatic carbocycles. The van der Waals surface area contributed by atoms with Gasteiger partial charge >= 0.3 is 5.97 Å². The molecule has 1 aromatic rings. The Labute approximate surface area is 363 Å². The molecule has 0 bridgehead atoms. The van der Waals surface area contributed by atoms with Gasteiger partial charge in [-0.05, 0) is 76.1 Å². The summed E-state index contributed by atoms with van der Waals surface area (Å²) in [6.45, 7) is 16.2. The molecule has 2 saturated heterocycles. The van der Waals surface area contributed by atoms with Crippen LogP contribution in [0.2, 0.25) is 0 Å². The Bertz CT molecular complexity index is 1750. The summed E-state index contributed by atoms with van der Waals surface area (Å²) in [7, 11) is 0. The smallest absolute Gasteiger partial charge is 0.305 e. The zero-order valence-electron chi connectivity index (χ0n) is 36.8. The summed E-state index contributed by atoms with van der Waals surface area (Å²) in [6.07, 6.45) is -0.212. The molecule has 0 unspecified atom stereocenters. The van der Waals surface area contributed by atoms with E-state index < -0.39 is 108 Å². The van der Waals surface area contributed by atoms with E-state index in [4.69, 9.17) is 4.74 Å². The third-order valence-corrected chi connectivity index (χ3v) is 10.4. The predicted octanol–water partition coefficient (Wildman–Crippen LogP) is -0.347. The fourth-order valence-corrected chi connectivity index (χ4v) is 7.40. The number of nitrogens with zero attached hydrogens (tertiary/aromatic N) is 1. The second-order valence-corrected chi connectivity index (χ2v) is 17.0. The van der Waals surface area contributed by atoms with Crippen molar-refractivity contribution in [1.29, 1.82) is 0 Å². The van der Waals surface area contributed by atoms with Crippen LogP contribution in [-0.4, -0.2) is 137 Å². The van der Waals surface area contributed by atoms with E-state index in [9.17, 15) is 48.6 Å². The molecule has 344 valence electrons. The number of benzene rings is 1. The molecule has 2 aliphatic rings. The number of hydrogen-bond donors (Lipinski definition) is 9. The van der Waals surface area contributed by atoms with Crippen molar-refractivity contribution in [2.45, 2.75) is 141 Å². The van der Waals surface area contributed by atoms with Crippen molar-refractivity contribution >= 4 is 47.3 Å². The van der Waals surface area contributed by atoms with Gasteiger partial charge in [0.05, 0.1) is 24.6 Å². The summed E-state index contributed by atoms with van der Waals surface area (Å²) in [6, 6.07) is -2.77. The molecule has 2 heterocycles. The fraction of sp³-hybridized carbons (Fsp3) is 0.628. The summed E-state index contributed by atoms with van der Waals surface area (Å²) in [5.74, 6) is -6.20. The summed E-state index contributed by atoms with van der Waals surface area (Å²) >= 11 is 0. The molecule has 9 N–H and O–H groups in total. The summed E-state index contributed by atoms with van der Waals surface area (Å²) < 4.78 is 5.59. The van der Waals surface area contributed by atoms with Gasteiger partial charge in [0.2, 0.25) is 41.4 Å². The number of carbonyl (C=O) groups is 8. The highest BCUT2D eigenvalue weighted by atomic mass is 16.5. The number of fused-ring (bicyclic) bond motifs is 1. The average molecular weight is 871 g/mol. The van der Waals surface area contributed by atoms with E-state index in [1.165, 1.54) is 6.92 Å². The quantitative estimate of drug-likeness (QED) is 0.115. The lowest BCUT2D eigenvalue weighted by atomic mass is 10.0. The van der Waals surface area contributed by atoms with E-state index in [0.29, 0.717) is 24.2 Å². The third kappa shape index (κ3) is 15.7. The van der Waals surface area contributed by atoms with Crippen molar-refractivity contribution in [2.75, 3.05) is 19.7 Å². The van der Waals surface area contributed by atoms with Crippen LogP contribution in [0.1, 0.15) is 86.1 Å². The van der Waals surface area contributed by atoms with Crippen LogP contribution in [0.4, 0.5) is 0 Å². The highest BCUT2D eigenvalue weighted by Crippen LogP contribution is 2.24. The Kier molecular flexibility index (Phi) is 19.8. The number of carboxylic acids is 1. The third-order valence-electron chi connectivity index (χ3n) is 10.4. The Morgan fingerprint density at radius 1 is 0.839 bits per heavy atom. The summed E-state index contributed by atoms with van der Waals surface area (Å²) in [5.41, 5.74) is 0.678. The first-order valence-corrected chi connectivity index (χ1v) is 21.3. The lowest BCUT2D eigenvalue weighted by Crippen LogP contribution is -2.64. The van der Waals surface area contributed by atoms with E-state index in [1.54, 1.807) is 62.9 Å². The highest BCUT2D eigenvalue weighted by Gasteiger charge is 2.43. The van der Waals surface area contributed by atoms with Gasteiger partial charge in [-0.2, -0.15) is 0 Å². The molecule has 0 spiro atoms. The first kappa shape index (κ1) is 50.8. The molecule has 19 heteroatoms. The van der Waals surface area contributed by atoms with Crippen molar-refractivity contribution in [1.82, 2.24) is 42.1 Å². The lowest BCUT2D eigenvalue weighted by molar-refractivity contribution is -0.142. The molecule has 7 amide bonds. The van der Waals surface area contributed by atoms with Crippen LogP contribution in [0.15, 0.2) is 36.9 Å². The molecule has 19 nitrogen and oxygen atoms in total. The number of carbonyl (C=O) groups excluding carboxylic acids is 7. The molecule has 0 saturated carbocycles. The number of aliphatic hydroxyl groups is 1. The fourth-order valence-electron chi connectivity index (χ4n) is 7.40. The van der Waals surface area contributed by atoms with Crippen molar-refractivity contribution in [3.05, 3.63) is 42.5 Å². The van der Waals surface area contributed by atoms with Gasteiger partial charge in [-0.25, -0.2) is 0 Å². The second kappa shape index (κ2) is 24.2. The van der Waals surface area contributed by atoms with Crippen LogP contribution in [0, 0.1) is 11.8 Å². The number of ether oxygens (including phenoxy) is 1. The summed E-state index contributed by atoms with van der Waals surface area (Å²) in [5, 5.41) is 39.0. The number of nitrogens with one attached hydrogen (secondary N) is 7. The zero-order valence-corrected chi connectivity index (χ0v) is 36.8. The van der Waals surface area contributed by atoms with Crippen molar-refractivity contribution in [2.24, 2.45) is 11.8 Å². The van der Waals surface area contributed by atoms with E-state index in [-0.39, 0.29) is 50.8 Å². The molecule has 62 heavy (non-hydrogen) atoms. The lowest BCUT2D eigenvalue weighted by Gasteiger charge is -2.37. The van der Waals surface area contributed by atoms with E-state index in [2.05, 4.69) is 43.8 Å². The SMILES string of the molecule is C=CCOc1ccc(C[C@@H]2NC(=O)[C@@H]3CCCN3[C@H](C(=O)NCC(C)C)[C@H](C)NC(=O)[C@H]([C@@H](C)O)NC(=O)[C@H](CC(=O)O)NC(=O)[C@H](CC(C)C)NC(=O)C[C@H](C)NC2=O)cc1. The first-order chi connectivity index (χ1) is 29.2. The van der Waals surface area contributed by atoms with Gasteiger partial charge in [-0.15, -0.1) is 0 Å². The topological polar surface area (TPSA) is 274 Å². The standard InChI is InChI=1S/C43H66N8O11/c1-9-17-62-29-14-12-28(13-15-29)20-31-38(56)45-25(6)19-34(53)47-30(18-23(2)3)39(57)48-32(21-35(54)55)40(58)50-36(27(8)52)42(60)46-26(7)37(43(61)44-22-24(4)5)51-16-10-11-33(51)41(59)49-31/h9,12-15,23-27,30-33,36-37,52H,1,10-11,16-22H2,2-8H3,(H,44,61)(H,45,56)(H,46,60)(H,47,53)(H,48,57)(H,49,59)(H,50,58)(H,54,55)/t25-,26-,27+,30-,31-,32-,33-,36-,37-/m0/s1. The van der Waals surface area contributed by atoms with Gasteiger partial charge < -0.3 is 52.2 Å². The van der Waals surface area contributed by atoms with Gasteiger partial charge in [0.25, 0.3) is 0 Å². The molecular weight excluding hydrogens is 805 g/mol. The number of rotatable bonds is 13. The molecule has 2 fully saturated rings. The number of amides is 7. The molecule has 3 rings (SSSR count). The molecule has 2 aliphatic heterocycles. The number of aliphatic carboxylic acids is 1. The average Bonchev–Trinajstić information content (AvgIpc) is 3.66. The normalized spacial score (nSPS) is 26.9. The second-order valence-electron chi connectivity index (χ2n) is 17.0. The van der Waals surface area contributed by atoms with Crippen LogP contribution < -0.4 is 42.0 Å². The van der Waals surface area contributed by atoms with Gasteiger partial charge in [0, 0.05) is 25.4 Å². The number of carboxylic acid groups (broad SMARTS) is 1. The Morgan fingerprint density at radius 3 is 2.06 bits per heavy atom. The van der Waals surface area contributed by atoms with Gasteiger partial charge in [0.1, 0.15) is 42.6 Å². The van der Waals surface area contributed by atoms with Gasteiger partial charge in [0.15, 0.2) is 0 Å². The van der Waals surface area contributed by atoms with Crippen molar-refractivity contribution in [3.63, 3.8) is 0 Å². The van der Waals surface area contributed by atoms with E-state index in [0.717, 1.165) is 0 Å². The van der Waals surface area contributed by atoms with Crippen molar-refractivity contribution < 1.29 is 53.3 Å². The Hall–Kier alpha value is -5.56. The monoisotopic (exact) mass is 870 g/mol. The molecule has 0 aromatic heterocycles. The first-order valence-electron chi connectivity index (χ1n) is 21.3. The maximum absolute atomic E-state index is 14.3. The largest absolute Gasteiger partial charge is 0.490 e. The van der Waals surface area contributed by atoms with Crippen LogP contribution in [0.5, 0.6) is 5.75 Å². The van der Waals surface area contributed by atoms with Crippen LogP contribution >= 0.6 is 0 Å². The minimum absolute atomic E-state index is 0.0380. The minimum atomic E-state index is -1.74. The number of aliphatic hydroxyl groups excluding tert-OH is 1. The maximum atomic E-state index is 14.3. The van der Waals surface area contributed by atoms with Crippen LogP contribution in [0.3, 0.4) is 0 Å². The Balaban J connectivity index is 2.11. The maximum Gasteiger partial charge on any atom is 0.305 e. The van der Waals surface area contributed by atoms with Gasteiger partial charge in [-0.1, -0.05) is 52.5 Å². The minimum Gasteiger partial charge on any atom is -0.490 e. The molecule has 0 aliphatic carbocycles.